The van der Waals surface area contributed by atoms with Crippen LogP contribution in [0.25, 0.3) is 11.0 Å². The summed E-state index contributed by atoms with van der Waals surface area (Å²) in [7, 11) is 0. The predicted molar refractivity (Wildman–Crippen MR) is 77.7 cm³/mol. The van der Waals surface area contributed by atoms with Crippen LogP contribution >= 0.6 is 0 Å². The molecule has 2 aromatic rings. The third kappa shape index (κ3) is 2.96. The molecule has 1 saturated carbocycles. The number of nitrogens with one attached hydrogen (secondary N) is 1. The van der Waals surface area contributed by atoms with Crippen molar-refractivity contribution in [2.75, 3.05) is 6.61 Å². The van der Waals surface area contributed by atoms with Crippen LogP contribution in [-0.2, 0) is 9.53 Å². The lowest BCUT2D eigenvalue weighted by atomic mass is 10.1. The fraction of sp³-hybridized carbons (Fsp3) is 0.438. The summed E-state index contributed by atoms with van der Waals surface area (Å²) in [6.45, 7) is -0.0139. The Morgan fingerprint density at radius 1 is 1.43 bits per heavy atom. The molecule has 0 saturated heterocycles. The number of Topliss-reactive ketones (excluding diaryl/α,β-unsaturated/α-hetero) is 1. The van der Waals surface area contributed by atoms with Crippen LogP contribution in [0.2, 0.25) is 0 Å². The molecule has 0 bridgehead atoms. The molecule has 1 unspecified atom stereocenters. The molecule has 0 spiro atoms. The minimum atomic E-state index is -0.890. The number of nitriles is 1. The van der Waals surface area contributed by atoms with Crippen molar-refractivity contribution in [3.05, 3.63) is 30.1 Å². The number of hydrogen-bond acceptors (Lipinski definition) is 4. The van der Waals surface area contributed by atoms with Crippen LogP contribution in [0.3, 0.4) is 0 Å². The van der Waals surface area contributed by atoms with Gasteiger partial charge in [0.15, 0.2) is 11.7 Å². The molecule has 1 fully saturated rings. The Balaban J connectivity index is 1.71. The van der Waals surface area contributed by atoms with Gasteiger partial charge in [0, 0.05) is 0 Å². The van der Waals surface area contributed by atoms with Crippen LogP contribution in [0, 0.1) is 11.3 Å². The summed E-state index contributed by atoms with van der Waals surface area (Å²) < 4.78 is 5.60. The lowest BCUT2D eigenvalue weighted by molar-refractivity contribution is -0.125. The van der Waals surface area contributed by atoms with Crippen molar-refractivity contribution in [3.8, 4) is 6.07 Å². The average molecular weight is 283 g/mol. The number of aromatic amines is 1. The first-order valence-electron chi connectivity index (χ1n) is 7.26. The van der Waals surface area contributed by atoms with Crippen LogP contribution in [-0.4, -0.2) is 28.5 Å². The topological polar surface area (TPSA) is 78.8 Å². The second kappa shape index (κ2) is 6.06. The fourth-order valence-electron chi connectivity index (χ4n) is 2.73. The SMILES string of the molecule is N#CC(C(=O)COC1CCCC1)c1nc2ccccc2[nH]1. The van der Waals surface area contributed by atoms with Gasteiger partial charge in [-0.05, 0) is 25.0 Å². The predicted octanol–water partition coefficient (Wildman–Crippen LogP) is 2.70. The summed E-state index contributed by atoms with van der Waals surface area (Å²) in [5.41, 5.74) is 1.59. The van der Waals surface area contributed by atoms with Crippen molar-refractivity contribution in [1.82, 2.24) is 9.97 Å². The Labute approximate surface area is 122 Å². The van der Waals surface area contributed by atoms with E-state index in [1.165, 1.54) is 0 Å². The maximum absolute atomic E-state index is 12.2. The van der Waals surface area contributed by atoms with Crippen molar-refractivity contribution in [1.29, 1.82) is 5.26 Å². The van der Waals surface area contributed by atoms with Gasteiger partial charge < -0.3 is 9.72 Å². The first-order chi connectivity index (χ1) is 10.3. The first-order valence-corrected chi connectivity index (χ1v) is 7.26. The van der Waals surface area contributed by atoms with Gasteiger partial charge in [-0.3, -0.25) is 4.79 Å². The van der Waals surface area contributed by atoms with Crippen molar-refractivity contribution >= 4 is 16.8 Å². The number of hydrogen-bond donors (Lipinski definition) is 1. The molecule has 5 heteroatoms. The molecule has 5 nitrogen and oxygen atoms in total. The Hall–Kier alpha value is -2.19. The highest BCUT2D eigenvalue weighted by molar-refractivity contribution is 5.89. The zero-order chi connectivity index (χ0) is 14.7. The van der Waals surface area contributed by atoms with E-state index in [0.29, 0.717) is 5.82 Å². The molecular formula is C16H17N3O2. The zero-order valence-electron chi connectivity index (χ0n) is 11.7. The molecule has 1 aliphatic carbocycles. The van der Waals surface area contributed by atoms with Gasteiger partial charge in [-0.15, -0.1) is 0 Å². The Kier molecular flexibility index (Phi) is 3.98. The van der Waals surface area contributed by atoms with E-state index in [2.05, 4.69) is 9.97 Å². The van der Waals surface area contributed by atoms with E-state index in [-0.39, 0.29) is 18.5 Å². The number of H-pyrrole nitrogens is 1. The number of ketones is 1. The van der Waals surface area contributed by atoms with Gasteiger partial charge in [-0.2, -0.15) is 5.26 Å². The van der Waals surface area contributed by atoms with Crippen LogP contribution in [0.5, 0.6) is 0 Å². The minimum absolute atomic E-state index is 0.0139. The summed E-state index contributed by atoms with van der Waals surface area (Å²) in [5.74, 6) is -0.721. The van der Waals surface area contributed by atoms with E-state index >= 15 is 0 Å². The van der Waals surface area contributed by atoms with Crippen LogP contribution < -0.4 is 0 Å². The lowest BCUT2D eigenvalue weighted by Gasteiger charge is -2.11. The Morgan fingerprint density at radius 2 is 2.19 bits per heavy atom. The summed E-state index contributed by atoms with van der Waals surface area (Å²) >= 11 is 0. The normalized spacial score (nSPS) is 16.9. The van der Waals surface area contributed by atoms with Gasteiger partial charge in [0.2, 0.25) is 0 Å². The summed E-state index contributed by atoms with van der Waals surface area (Å²) in [5, 5.41) is 9.28. The number of para-hydroxylation sites is 2. The molecule has 0 amide bonds. The molecule has 21 heavy (non-hydrogen) atoms. The number of benzene rings is 1. The number of ether oxygens (including phenoxy) is 1. The smallest absolute Gasteiger partial charge is 0.183 e. The van der Waals surface area contributed by atoms with E-state index in [4.69, 9.17) is 4.74 Å². The van der Waals surface area contributed by atoms with E-state index in [9.17, 15) is 10.1 Å². The second-order valence-corrected chi connectivity index (χ2v) is 5.39. The molecule has 108 valence electrons. The van der Waals surface area contributed by atoms with E-state index in [1.807, 2.05) is 30.3 Å². The molecule has 1 aromatic carbocycles. The number of carbonyl (C=O) groups is 1. The van der Waals surface area contributed by atoms with Gasteiger partial charge >= 0.3 is 0 Å². The number of nitrogens with zero attached hydrogens (tertiary/aromatic N) is 2. The van der Waals surface area contributed by atoms with Crippen LogP contribution in [0.15, 0.2) is 24.3 Å². The fourth-order valence-corrected chi connectivity index (χ4v) is 2.73. The highest BCUT2D eigenvalue weighted by atomic mass is 16.5. The van der Waals surface area contributed by atoms with Gasteiger partial charge in [0.25, 0.3) is 0 Å². The monoisotopic (exact) mass is 283 g/mol. The van der Waals surface area contributed by atoms with Crippen molar-refractivity contribution in [2.45, 2.75) is 37.7 Å². The Bertz CT molecular complexity index is 647. The quantitative estimate of drug-likeness (QED) is 0.915. The van der Waals surface area contributed by atoms with Crippen molar-refractivity contribution < 1.29 is 9.53 Å². The molecule has 1 N–H and O–H groups in total. The number of carbonyl (C=O) groups excluding carboxylic acids is 1. The molecule has 1 heterocycles. The third-order valence-corrected chi connectivity index (χ3v) is 3.90. The van der Waals surface area contributed by atoms with Crippen molar-refractivity contribution in [2.24, 2.45) is 0 Å². The Morgan fingerprint density at radius 3 is 2.90 bits per heavy atom. The standard InChI is InChI=1S/C16H17N3O2/c17-9-12(15(20)10-21-11-5-1-2-6-11)16-18-13-7-3-4-8-14(13)19-16/h3-4,7-8,11-12H,1-2,5-6,10H2,(H,18,19). The molecule has 1 aromatic heterocycles. The molecule has 3 rings (SSSR count). The minimum Gasteiger partial charge on any atom is -0.370 e. The average Bonchev–Trinajstić information content (AvgIpc) is 3.15. The maximum atomic E-state index is 12.2. The number of aromatic nitrogens is 2. The van der Waals surface area contributed by atoms with Gasteiger partial charge in [-0.25, -0.2) is 4.98 Å². The van der Waals surface area contributed by atoms with E-state index in [1.54, 1.807) is 0 Å². The molecule has 1 atom stereocenters. The second-order valence-electron chi connectivity index (χ2n) is 5.39. The van der Waals surface area contributed by atoms with Gasteiger partial charge in [-0.1, -0.05) is 25.0 Å². The largest absolute Gasteiger partial charge is 0.370 e. The molecule has 0 radical (unpaired) electrons. The first kappa shape index (κ1) is 13.8. The lowest BCUT2D eigenvalue weighted by Crippen LogP contribution is -2.21. The summed E-state index contributed by atoms with van der Waals surface area (Å²) in [6, 6.07) is 9.52. The third-order valence-electron chi connectivity index (χ3n) is 3.90. The number of rotatable bonds is 5. The van der Waals surface area contributed by atoms with Gasteiger partial charge in [0.1, 0.15) is 12.4 Å². The highest BCUT2D eigenvalue weighted by Crippen LogP contribution is 2.22. The summed E-state index contributed by atoms with van der Waals surface area (Å²) in [6.07, 6.45) is 4.50. The van der Waals surface area contributed by atoms with Gasteiger partial charge in [0.05, 0.1) is 23.2 Å². The van der Waals surface area contributed by atoms with E-state index < -0.39 is 5.92 Å². The number of imidazole rings is 1. The highest BCUT2D eigenvalue weighted by Gasteiger charge is 2.25. The van der Waals surface area contributed by atoms with Crippen molar-refractivity contribution in [3.63, 3.8) is 0 Å². The van der Waals surface area contributed by atoms with Crippen LogP contribution in [0.4, 0.5) is 0 Å². The molecular weight excluding hydrogens is 266 g/mol. The maximum Gasteiger partial charge on any atom is 0.183 e. The van der Waals surface area contributed by atoms with Crippen LogP contribution in [0.1, 0.15) is 37.4 Å². The zero-order valence-corrected chi connectivity index (χ0v) is 11.7. The molecule has 0 aliphatic heterocycles. The molecule has 1 aliphatic rings. The van der Waals surface area contributed by atoms with E-state index in [0.717, 1.165) is 36.7 Å². The number of fused-ring (bicyclic) bond motifs is 1. The summed E-state index contributed by atoms with van der Waals surface area (Å²) in [4.78, 5) is 19.6.